The predicted molar refractivity (Wildman–Crippen MR) is 88.9 cm³/mol. The van der Waals surface area contributed by atoms with Gasteiger partial charge in [-0.2, -0.15) is 4.37 Å². The maximum Gasteiger partial charge on any atom is 0.131 e. The molecular formula is C18H17NO2S. The number of hydrogen-bond acceptors (Lipinski definition) is 4. The van der Waals surface area contributed by atoms with Gasteiger partial charge in [0.2, 0.25) is 0 Å². The maximum absolute atomic E-state index is 5.84. The van der Waals surface area contributed by atoms with Crippen LogP contribution in [-0.4, -0.2) is 4.37 Å². The highest BCUT2D eigenvalue weighted by Crippen LogP contribution is 2.26. The molecule has 1 heterocycles. The van der Waals surface area contributed by atoms with Crippen LogP contribution in [-0.2, 0) is 6.61 Å². The number of hydrogen-bond donors (Lipinski definition) is 0. The summed E-state index contributed by atoms with van der Waals surface area (Å²) in [5.41, 5.74) is 2.16. The van der Waals surface area contributed by atoms with E-state index >= 15 is 0 Å². The molecular weight excluding hydrogens is 294 g/mol. The standard InChI is InChI=1S/C18H17NO2S/c1-13-6-8-16(9-7-13)21-18-5-3-4-17(11-18)20-12-15-10-14(2)22-19-15/h3-11H,12H2,1-2H3. The summed E-state index contributed by atoms with van der Waals surface area (Å²) in [7, 11) is 0. The molecule has 1 aromatic heterocycles. The number of aryl methyl sites for hydroxylation is 2. The van der Waals surface area contributed by atoms with Gasteiger partial charge in [-0.3, -0.25) is 0 Å². The summed E-state index contributed by atoms with van der Waals surface area (Å²) < 4.78 is 15.9. The van der Waals surface area contributed by atoms with E-state index in [0.29, 0.717) is 6.61 Å². The fourth-order valence-electron chi connectivity index (χ4n) is 2.01. The summed E-state index contributed by atoms with van der Waals surface area (Å²) in [5.74, 6) is 2.35. The molecule has 0 radical (unpaired) electrons. The van der Waals surface area contributed by atoms with Gasteiger partial charge in [0.15, 0.2) is 0 Å². The number of rotatable bonds is 5. The average Bonchev–Trinajstić information content (AvgIpc) is 2.94. The van der Waals surface area contributed by atoms with E-state index in [2.05, 4.69) is 11.3 Å². The van der Waals surface area contributed by atoms with Crippen molar-refractivity contribution in [3.63, 3.8) is 0 Å². The Kier molecular flexibility index (Phi) is 4.39. The second kappa shape index (κ2) is 6.62. The van der Waals surface area contributed by atoms with Crippen LogP contribution in [0.4, 0.5) is 0 Å². The minimum Gasteiger partial charge on any atom is -0.487 e. The number of nitrogens with zero attached hydrogens (tertiary/aromatic N) is 1. The highest BCUT2D eigenvalue weighted by molar-refractivity contribution is 7.05. The molecule has 0 unspecified atom stereocenters. The van der Waals surface area contributed by atoms with Crippen LogP contribution in [0, 0.1) is 13.8 Å². The molecule has 0 fully saturated rings. The molecule has 0 aliphatic carbocycles. The predicted octanol–water partition coefficient (Wildman–Crippen LogP) is 5.13. The molecule has 0 aliphatic rings. The van der Waals surface area contributed by atoms with Crippen LogP contribution in [0.5, 0.6) is 17.2 Å². The summed E-state index contributed by atoms with van der Waals surface area (Å²) in [6.07, 6.45) is 0. The van der Waals surface area contributed by atoms with Gasteiger partial charge in [-0.15, -0.1) is 0 Å². The van der Waals surface area contributed by atoms with Crippen LogP contribution in [0.2, 0.25) is 0 Å². The molecule has 0 spiro atoms. The Balaban J connectivity index is 1.65. The largest absolute Gasteiger partial charge is 0.487 e. The maximum atomic E-state index is 5.84. The third kappa shape index (κ3) is 3.86. The van der Waals surface area contributed by atoms with Gasteiger partial charge >= 0.3 is 0 Å². The first-order valence-corrected chi connectivity index (χ1v) is 7.86. The third-order valence-corrected chi connectivity index (χ3v) is 3.86. The molecule has 0 bridgehead atoms. The Hall–Kier alpha value is -2.33. The van der Waals surface area contributed by atoms with Gasteiger partial charge < -0.3 is 9.47 Å². The lowest BCUT2D eigenvalue weighted by molar-refractivity contribution is 0.301. The molecule has 0 N–H and O–H groups in total. The minimum absolute atomic E-state index is 0.471. The summed E-state index contributed by atoms with van der Waals surface area (Å²) in [4.78, 5) is 1.19. The zero-order chi connectivity index (χ0) is 15.4. The third-order valence-electron chi connectivity index (χ3n) is 3.13. The molecule has 112 valence electrons. The van der Waals surface area contributed by atoms with Gasteiger partial charge in [0.25, 0.3) is 0 Å². The van der Waals surface area contributed by atoms with Gasteiger partial charge in [-0.1, -0.05) is 23.8 Å². The normalized spacial score (nSPS) is 10.5. The van der Waals surface area contributed by atoms with Crippen LogP contribution >= 0.6 is 11.5 Å². The lowest BCUT2D eigenvalue weighted by Gasteiger charge is -2.09. The van der Waals surface area contributed by atoms with Crippen molar-refractivity contribution < 1.29 is 9.47 Å². The molecule has 3 nitrogen and oxygen atoms in total. The van der Waals surface area contributed by atoms with Gasteiger partial charge in [0.1, 0.15) is 23.9 Å². The van der Waals surface area contributed by atoms with Gasteiger partial charge in [0, 0.05) is 10.9 Å². The van der Waals surface area contributed by atoms with E-state index in [0.717, 1.165) is 22.9 Å². The molecule has 4 heteroatoms. The molecule has 22 heavy (non-hydrogen) atoms. The summed E-state index contributed by atoms with van der Waals surface area (Å²) >= 11 is 1.49. The van der Waals surface area contributed by atoms with E-state index in [1.54, 1.807) is 0 Å². The second-order valence-electron chi connectivity index (χ2n) is 5.11. The zero-order valence-corrected chi connectivity index (χ0v) is 13.4. The molecule has 3 aromatic rings. The van der Waals surface area contributed by atoms with Crippen LogP contribution in [0.15, 0.2) is 54.6 Å². The fraction of sp³-hybridized carbons (Fsp3) is 0.167. The monoisotopic (exact) mass is 311 g/mol. The summed E-state index contributed by atoms with van der Waals surface area (Å²) in [5, 5.41) is 0. The Morgan fingerprint density at radius 2 is 1.68 bits per heavy atom. The Morgan fingerprint density at radius 3 is 2.41 bits per heavy atom. The highest BCUT2D eigenvalue weighted by atomic mass is 32.1. The van der Waals surface area contributed by atoms with Crippen molar-refractivity contribution in [3.05, 3.63) is 70.7 Å². The molecule has 2 aromatic carbocycles. The van der Waals surface area contributed by atoms with Crippen molar-refractivity contribution in [3.8, 4) is 17.2 Å². The van der Waals surface area contributed by atoms with Crippen molar-refractivity contribution in [2.45, 2.75) is 20.5 Å². The zero-order valence-electron chi connectivity index (χ0n) is 12.6. The van der Waals surface area contributed by atoms with E-state index in [1.807, 2.05) is 61.5 Å². The number of ether oxygens (including phenoxy) is 2. The molecule has 0 aliphatic heterocycles. The first kappa shape index (κ1) is 14.6. The van der Waals surface area contributed by atoms with Crippen molar-refractivity contribution in [2.75, 3.05) is 0 Å². The fourth-order valence-corrected chi connectivity index (χ4v) is 2.57. The molecule has 0 amide bonds. The van der Waals surface area contributed by atoms with E-state index in [1.165, 1.54) is 22.0 Å². The quantitative estimate of drug-likeness (QED) is 0.654. The first-order chi connectivity index (χ1) is 10.7. The van der Waals surface area contributed by atoms with Crippen molar-refractivity contribution in [1.82, 2.24) is 4.37 Å². The summed E-state index contributed by atoms with van der Waals surface area (Å²) in [6.45, 7) is 4.56. The SMILES string of the molecule is Cc1ccc(Oc2cccc(OCc3cc(C)sn3)c2)cc1. The molecule has 0 atom stereocenters. The molecule has 0 saturated carbocycles. The lowest BCUT2D eigenvalue weighted by Crippen LogP contribution is -1.95. The molecule has 3 rings (SSSR count). The Labute approximate surface area is 134 Å². The van der Waals surface area contributed by atoms with Crippen LogP contribution < -0.4 is 9.47 Å². The Bertz CT molecular complexity index is 750. The first-order valence-electron chi connectivity index (χ1n) is 7.08. The van der Waals surface area contributed by atoms with Crippen LogP contribution in [0.3, 0.4) is 0 Å². The van der Waals surface area contributed by atoms with Crippen molar-refractivity contribution in [1.29, 1.82) is 0 Å². The van der Waals surface area contributed by atoms with E-state index in [9.17, 15) is 0 Å². The van der Waals surface area contributed by atoms with Crippen LogP contribution in [0.25, 0.3) is 0 Å². The van der Waals surface area contributed by atoms with E-state index in [-0.39, 0.29) is 0 Å². The average molecular weight is 311 g/mol. The Morgan fingerprint density at radius 1 is 0.909 bits per heavy atom. The lowest BCUT2D eigenvalue weighted by atomic mass is 10.2. The topological polar surface area (TPSA) is 31.4 Å². The minimum atomic E-state index is 0.471. The second-order valence-corrected chi connectivity index (χ2v) is 6.12. The van der Waals surface area contributed by atoms with Crippen LogP contribution in [0.1, 0.15) is 16.1 Å². The number of aromatic nitrogens is 1. The smallest absolute Gasteiger partial charge is 0.131 e. The van der Waals surface area contributed by atoms with Crippen molar-refractivity contribution >= 4 is 11.5 Å². The van der Waals surface area contributed by atoms with Gasteiger partial charge in [-0.05, 0) is 55.7 Å². The molecule has 0 saturated heterocycles. The van der Waals surface area contributed by atoms with E-state index < -0.39 is 0 Å². The highest BCUT2D eigenvalue weighted by Gasteiger charge is 2.03. The summed E-state index contributed by atoms with van der Waals surface area (Å²) in [6, 6.07) is 17.7. The van der Waals surface area contributed by atoms with Crippen molar-refractivity contribution in [2.24, 2.45) is 0 Å². The van der Waals surface area contributed by atoms with Gasteiger partial charge in [-0.25, -0.2) is 0 Å². The van der Waals surface area contributed by atoms with Gasteiger partial charge in [0.05, 0.1) is 5.69 Å². The number of benzene rings is 2. The van der Waals surface area contributed by atoms with E-state index in [4.69, 9.17) is 9.47 Å².